The summed E-state index contributed by atoms with van der Waals surface area (Å²) in [5.41, 5.74) is 8.41. The average molecular weight is 289 g/mol. The number of hydrogen-bond acceptors (Lipinski definition) is 5. The van der Waals surface area contributed by atoms with E-state index in [0.717, 1.165) is 10.8 Å². The quantitative estimate of drug-likeness (QED) is 0.653. The van der Waals surface area contributed by atoms with Gasteiger partial charge in [-0.15, -0.1) is 11.8 Å². The van der Waals surface area contributed by atoms with Crippen molar-refractivity contribution < 1.29 is 4.74 Å². The number of thioether (sulfide) groups is 1. The van der Waals surface area contributed by atoms with Crippen LogP contribution in [0.5, 0.6) is 0 Å². The molecule has 1 heterocycles. The summed E-state index contributed by atoms with van der Waals surface area (Å²) >= 11 is 1.66. The Balaban J connectivity index is 2.05. The predicted octanol–water partition coefficient (Wildman–Crippen LogP) is 3.20. The molecule has 1 aromatic heterocycles. The molecule has 2 N–H and O–H groups in total. The molecule has 0 atom stereocenters. The van der Waals surface area contributed by atoms with Crippen molar-refractivity contribution in [3.05, 3.63) is 47.3 Å². The van der Waals surface area contributed by atoms with Crippen LogP contribution in [0.2, 0.25) is 0 Å². The van der Waals surface area contributed by atoms with E-state index in [2.05, 4.69) is 35.1 Å². The summed E-state index contributed by atoms with van der Waals surface area (Å²) in [7, 11) is 0. The molecule has 2 aromatic rings. The number of ether oxygens (including phenoxy) is 1. The van der Waals surface area contributed by atoms with Gasteiger partial charge in [-0.3, -0.25) is 0 Å². The van der Waals surface area contributed by atoms with Crippen LogP contribution < -0.4 is 5.73 Å². The van der Waals surface area contributed by atoms with Gasteiger partial charge in [0.25, 0.3) is 0 Å². The highest BCUT2D eigenvalue weighted by Crippen LogP contribution is 2.23. The molecule has 0 aliphatic carbocycles. The smallest absolute Gasteiger partial charge is 0.157 e. The van der Waals surface area contributed by atoms with Crippen molar-refractivity contribution in [2.45, 2.75) is 31.2 Å². The van der Waals surface area contributed by atoms with E-state index in [0.29, 0.717) is 24.9 Å². The van der Waals surface area contributed by atoms with Crippen molar-refractivity contribution >= 4 is 17.6 Å². The summed E-state index contributed by atoms with van der Waals surface area (Å²) in [5, 5.41) is 0.885. The van der Waals surface area contributed by atoms with Gasteiger partial charge in [-0.25, -0.2) is 9.97 Å². The fourth-order valence-corrected chi connectivity index (χ4v) is 2.75. The van der Waals surface area contributed by atoms with Crippen molar-refractivity contribution in [3.63, 3.8) is 0 Å². The normalized spacial score (nSPS) is 10.7. The zero-order valence-corrected chi connectivity index (χ0v) is 12.6. The minimum atomic E-state index is 0.402. The molecule has 1 aromatic carbocycles. The zero-order chi connectivity index (χ0) is 14.4. The van der Waals surface area contributed by atoms with Gasteiger partial charge in [0.05, 0.1) is 0 Å². The maximum atomic E-state index is 5.81. The maximum absolute atomic E-state index is 5.81. The monoisotopic (exact) mass is 289 g/mol. The lowest BCUT2D eigenvalue weighted by Crippen LogP contribution is -2.03. The lowest BCUT2D eigenvalue weighted by atomic mass is 10.1. The van der Waals surface area contributed by atoms with Gasteiger partial charge >= 0.3 is 0 Å². The number of aromatic nitrogens is 2. The van der Waals surface area contributed by atoms with Crippen molar-refractivity contribution in [1.82, 2.24) is 9.97 Å². The Kier molecular flexibility index (Phi) is 5.38. The molecule has 2 rings (SSSR count). The van der Waals surface area contributed by atoms with E-state index >= 15 is 0 Å². The minimum absolute atomic E-state index is 0.402. The Hall–Kier alpha value is -1.59. The largest absolute Gasteiger partial charge is 0.384 e. The molecule has 0 bridgehead atoms. The molecule has 0 spiro atoms. The maximum Gasteiger partial charge on any atom is 0.157 e. The van der Waals surface area contributed by atoms with Crippen LogP contribution in [0.1, 0.15) is 23.9 Å². The summed E-state index contributed by atoms with van der Waals surface area (Å²) < 4.78 is 5.32. The summed E-state index contributed by atoms with van der Waals surface area (Å²) in [6, 6.07) is 10.2. The number of benzene rings is 1. The predicted molar refractivity (Wildman–Crippen MR) is 82.5 cm³/mol. The van der Waals surface area contributed by atoms with Gasteiger partial charge in [-0.1, -0.05) is 24.3 Å². The number of nitrogen functional groups attached to an aromatic ring is 1. The topological polar surface area (TPSA) is 61.0 Å². The summed E-state index contributed by atoms with van der Waals surface area (Å²) in [6.07, 6.45) is 0. The number of anilines is 1. The van der Waals surface area contributed by atoms with Crippen molar-refractivity contribution in [2.24, 2.45) is 0 Å². The Labute approximate surface area is 123 Å². The molecule has 106 valence electrons. The van der Waals surface area contributed by atoms with E-state index in [1.54, 1.807) is 17.8 Å². The van der Waals surface area contributed by atoms with Gasteiger partial charge < -0.3 is 10.5 Å². The SMILES string of the molecule is CCOCc1nc(N)cc(SCc2ccccc2C)n1. The molecular formula is C15H19N3OS. The number of aryl methyl sites for hydroxylation is 1. The second kappa shape index (κ2) is 7.26. The highest BCUT2D eigenvalue weighted by Gasteiger charge is 2.05. The van der Waals surface area contributed by atoms with Crippen LogP contribution in [-0.2, 0) is 17.1 Å². The third-order valence-corrected chi connectivity index (χ3v) is 3.80. The molecule has 0 unspecified atom stereocenters. The Morgan fingerprint density at radius 2 is 2.05 bits per heavy atom. The first-order valence-electron chi connectivity index (χ1n) is 6.57. The lowest BCUT2D eigenvalue weighted by molar-refractivity contribution is 0.128. The first-order chi connectivity index (χ1) is 9.69. The van der Waals surface area contributed by atoms with Crippen LogP contribution in [0.25, 0.3) is 0 Å². The van der Waals surface area contributed by atoms with E-state index < -0.39 is 0 Å². The van der Waals surface area contributed by atoms with Gasteiger partial charge in [0, 0.05) is 18.4 Å². The van der Waals surface area contributed by atoms with Crippen molar-refractivity contribution in [3.8, 4) is 0 Å². The second-order valence-electron chi connectivity index (χ2n) is 4.40. The fourth-order valence-electron chi connectivity index (χ4n) is 1.75. The van der Waals surface area contributed by atoms with Crippen molar-refractivity contribution in [2.75, 3.05) is 12.3 Å². The number of nitrogens with zero attached hydrogens (tertiary/aromatic N) is 2. The third kappa shape index (κ3) is 4.21. The third-order valence-electron chi connectivity index (χ3n) is 2.84. The lowest BCUT2D eigenvalue weighted by Gasteiger charge is -2.07. The molecule has 0 amide bonds. The van der Waals surface area contributed by atoms with E-state index in [1.807, 2.05) is 13.0 Å². The van der Waals surface area contributed by atoms with E-state index in [1.165, 1.54) is 11.1 Å². The van der Waals surface area contributed by atoms with Crippen LogP contribution in [-0.4, -0.2) is 16.6 Å². The van der Waals surface area contributed by atoms with E-state index in [-0.39, 0.29) is 0 Å². The molecule has 0 aliphatic heterocycles. The Morgan fingerprint density at radius 3 is 2.80 bits per heavy atom. The van der Waals surface area contributed by atoms with E-state index in [4.69, 9.17) is 10.5 Å². The number of nitrogens with two attached hydrogens (primary N) is 1. The van der Waals surface area contributed by atoms with Crippen LogP contribution in [0.3, 0.4) is 0 Å². The summed E-state index contributed by atoms with van der Waals surface area (Å²) in [5.74, 6) is 2.00. The zero-order valence-electron chi connectivity index (χ0n) is 11.8. The summed E-state index contributed by atoms with van der Waals surface area (Å²) in [4.78, 5) is 8.63. The molecule has 5 heteroatoms. The fraction of sp³-hybridized carbons (Fsp3) is 0.333. The molecule has 0 saturated heterocycles. The van der Waals surface area contributed by atoms with Gasteiger partial charge in [-0.05, 0) is 25.0 Å². The average Bonchev–Trinajstić information content (AvgIpc) is 2.44. The van der Waals surface area contributed by atoms with Gasteiger partial charge in [0.2, 0.25) is 0 Å². The highest BCUT2D eigenvalue weighted by molar-refractivity contribution is 7.98. The minimum Gasteiger partial charge on any atom is -0.384 e. The van der Waals surface area contributed by atoms with Gasteiger partial charge in [0.1, 0.15) is 17.5 Å². The van der Waals surface area contributed by atoms with Gasteiger partial charge in [-0.2, -0.15) is 0 Å². The standard InChI is InChI=1S/C15H19N3OS/c1-3-19-9-14-17-13(16)8-15(18-14)20-10-12-7-5-4-6-11(12)2/h4-8H,3,9-10H2,1-2H3,(H2,16,17,18). The molecule has 0 radical (unpaired) electrons. The second-order valence-corrected chi connectivity index (χ2v) is 5.40. The van der Waals surface area contributed by atoms with Crippen LogP contribution in [0.4, 0.5) is 5.82 Å². The van der Waals surface area contributed by atoms with Gasteiger partial charge in [0.15, 0.2) is 5.82 Å². The molecule has 0 saturated carbocycles. The van der Waals surface area contributed by atoms with E-state index in [9.17, 15) is 0 Å². The number of hydrogen-bond donors (Lipinski definition) is 1. The number of rotatable bonds is 6. The summed E-state index contributed by atoms with van der Waals surface area (Å²) in [6.45, 7) is 5.11. The molecule has 0 fully saturated rings. The van der Waals surface area contributed by atoms with Crippen LogP contribution in [0, 0.1) is 6.92 Å². The highest BCUT2D eigenvalue weighted by atomic mass is 32.2. The van der Waals surface area contributed by atoms with Crippen LogP contribution >= 0.6 is 11.8 Å². The van der Waals surface area contributed by atoms with Crippen LogP contribution in [0.15, 0.2) is 35.4 Å². The van der Waals surface area contributed by atoms with Crippen molar-refractivity contribution in [1.29, 1.82) is 0 Å². The first-order valence-corrected chi connectivity index (χ1v) is 7.56. The first kappa shape index (κ1) is 14.8. The molecule has 0 aliphatic rings. The molecule has 4 nitrogen and oxygen atoms in total. The molecule has 20 heavy (non-hydrogen) atoms. The Bertz CT molecular complexity index is 575. The Morgan fingerprint density at radius 1 is 1.25 bits per heavy atom. The molecular weight excluding hydrogens is 270 g/mol.